The van der Waals surface area contributed by atoms with E-state index < -0.39 is 27.8 Å². The van der Waals surface area contributed by atoms with Crippen molar-refractivity contribution >= 4 is 15.4 Å². The fourth-order valence-electron chi connectivity index (χ4n) is 0.461. The lowest BCUT2D eigenvalue weighted by Gasteiger charge is -2.13. The summed E-state index contributed by atoms with van der Waals surface area (Å²) in [7, 11) is -8.98. The van der Waals surface area contributed by atoms with E-state index in [2.05, 4.69) is 4.52 Å². The Morgan fingerprint density at radius 2 is 1.69 bits per heavy atom. The van der Waals surface area contributed by atoms with Gasteiger partial charge in [-0.25, -0.2) is 4.57 Å². The van der Waals surface area contributed by atoms with Crippen molar-refractivity contribution in [1.29, 1.82) is 0 Å². The standard InChI is InChI=1S/C3H11NO7P2/c4-3(12(5,6)7)1-2-11-13(8,9)10/h3H,1-2,4H2,(H2,5,6,7)(H2,8,9,10). The third-order valence-corrected chi connectivity index (χ3v) is 2.75. The minimum atomic E-state index is -4.58. The molecule has 0 heterocycles. The number of rotatable bonds is 5. The minimum absolute atomic E-state index is 0.324. The molecule has 0 bridgehead atoms. The van der Waals surface area contributed by atoms with Crippen LogP contribution in [-0.4, -0.2) is 32.0 Å². The molecule has 0 spiro atoms. The Hall–Kier alpha value is 0.220. The van der Waals surface area contributed by atoms with Crippen LogP contribution in [0.2, 0.25) is 0 Å². The van der Waals surface area contributed by atoms with Crippen molar-refractivity contribution in [3.63, 3.8) is 0 Å². The van der Waals surface area contributed by atoms with Gasteiger partial charge in [0.2, 0.25) is 0 Å². The smallest absolute Gasteiger partial charge is 0.323 e. The highest BCUT2D eigenvalue weighted by Gasteiger charge is 2.25. The average molecular weight is 235 g/mol. The molecule has 0 aromatic rings. The molecular weight excluding hydrogens is 224 g/mol. The summed E-state index contributed by atoms with van der Waals surface area (Å²) < 4.78 is 24.4. The van der Waals surface area contributed by atoms with Gasteiger partial charge in [-0.3, -0.25) is 9.09 Å². The van der Waals surface area contributed by atoms with E-state index in [0.717, 1.165) is 0 Å². The summed E-state index contributed by atoms with van der Waals surface area (Å²) in [5.74, 6) is -1.46. The van der Waals surface area contributed by atoms with Gasteiger partial charge in [-0.15, -0.1) is 0 Å². The Morgan fingerprint density at radius 3 is 2.00 bits per heavy atom. The quantitative estimate of drug-likeness (QED) is 0.378. The normalized spacial score (nSPS) is 15.8. The molecular formula is C3H11NO7P2. The molecule has 0 saturated heterocycles. The number of nitrogens with two attached hydrogens (primary N) is 1. The molecule has 10 heteroatoms. The lowest BCUT2D eigenvalue weighted by molar-refractivity contribution is 0.192. The Bertz CT molecular complexity index is 242. The maximum Gasteiger partial charge on any atom is 0.469 e. The van der Waals surface area contributed by atoms with E-state index in [4.69, 9.17) is 25.3 Å². The van der Waals surface area contributed by atoms with E-state index in [1.165, 1.54) is 0 Å². The summed E-state index contributed by atoms with van der Waals surface area (Å²) >= 11 is 0. The Kier molecular flexibility index (Phi) is 4.71. The van der Waals surface area contributed by atoms with E-state index >= 15 is 0 Å². The Labute approximate surface area is 74.1 Å². The van der Waals surface area contributed by atoms with Crippen LogP contribution in [-0.2, 0) is 13.7 Å². The Balaban J connectivity index is 3.80. The lowest BCUT2D eigenvalue weighted by Crippen LogP contribution is -2.21. The van der Waals surface area contributed by atoms with Crippen LogP contribution >= 0.6 is 15.4 Å². The van der Waals surface area contributed by atoms with Crippen molar-refractivity contribution in [2.75, 3.05) is 6.61 Å². The van der Waals surface area contributed by atoms with Crippen molar-refractivity contribution in [2.45, 2.75) is 12.2 Å². The number of hydrogen-bond donors (Lipinski definition) is 5. The second-order valence-corrected chi connectivity index (χ2v) is 5.35. The van der Waals surface area contributed by atoms with Crippen molar-refractivity contribution in [3.05, 3.63) is 0 Å². The molecule has 0 saturated carbocycles. The fourth-order valence-corrected chi connectivity index (χ4v) is 1.25. The summed E-state index contributed by atoms with van der Waals surface area (Å²) in [4.78, 5) is 33.3. The van der Waals surface area contributed by atoms with E-state index in [9.17, 15) is 9.13 Å². The van der Waals surface area contributed by atoms with Gasteiger partial charge in [-0.1, -0.05) is 0 Å². The molecule has 13 heavy (non-hydrogen) atoms. The van der Waals surface area contributed by atoms with Crippen LogP contribution in [0.15, 0.2) is 0 Å². The predicted octanol–water partition coefficient (Wildman–Crippen LogP) is -1.05. The molecule has 0 aromatic heterocycles. The lowest BCUT2D eigenvalue weighted by atomic mass is 10.5. The zero-order valence-corrected chi connectivity index (χ0v) is 8.27. The monoisotopic (exact) mass is 235 g/mol. The first kappa shape index (κ1) is 13.2. The third-order valence-electron chi connectivity index (χ3n) is 1.11. The van der Waals surface area contributed by atoms with Crippen molar-refractivity contribution in [3.8, 4) is 0 Å². The summed E-state index contributed by atoms with van der Waals surface area (Å²) in [5, 5.41) is 0. The first-order valence-corrected chi connectivity index (χ1v) is 6.35. The highest BCUT2D eigenvalue weighted by molar-refractivity contribution is 7.52. The zero-order valence-electron chi connectivity index (χ0n) is 6.48. The minimum Gasteiger partial charge on any atom is -0.323 e. The van der Waals surface area contributed by atoms with Crippen LogP contribution in [0.5, 0.6) is 0 Å². The zero-order chi connectivity index (χ0) is 10.7. The number of hydrogen-bond acceptors (Lipinski definition) is 4. The topological polar surface area (TPSA) is 150 Å². The molecule has 8 nitrogen and oxygen atoms in total. The van der Waals surface area contributed by atoms with Gasteiger partial charge in [-0.05, 0) is 6.42 Å². The molecule has 80 valence electrons. The summed E-state index contributed by atoms with van der Waals surface area (Å²) in [6.07, 6.45) is -0.324. The molecule has 0 aliphatic rings. The molecule has 0 radical (unpaired) electrons. The molecule has 0 amide bonds. The Morgan fingerprint density at radius 1 is 1.23 bits per heavy atom. The van der Waals surface area contributed by atoms with E-state index in [0.29, 0.717) is 0 Å². The molecule has 0 aromatic carbocycles. The molecule has 1 unspecified atom stereocenters. The fraction of sp³-hybridized carbons (Fsp3) is 1.00. The van der Waals surface area contributed by atoms with Crippen LogP contribution in [0, 0.1) is 0 Å². The van der Waals surface area contributed by atoms with E-state index in [1.807, 2.05) is 0 Å². The second-order valence-electron chi connectivity index (χ2n) is 2.27. The van der Waals surface area contributed by atoms with E-state index in [-0.39, 0.29) is 6.42 Å². The molecule has 0 fully saturated rings. The van der Waals surface area contributed by atoms with Gasteiger partial charge in [0, 0.05) is 0 Å². The van der Waals surface area contributed by atoms with Crippen LogP contribution in [0.3, 0.4) is 0 Å². The summed E-state index contributed by atoms with van der Waals surface area (Å²) in [6, 6.07) is 0. The van der Waals surface area contributed by atoms with Crippen LogP contribution in [0.1, 0.15) is 6.42 Å². The molecule has 0 aliphatic heterocycles. The SMILES string of the molecule is NC(CCOP(=O)(O)O)P(=O)(O)O. The van der Waals surface area contributed by atoms with Gasteiger partial charge in [0.15, 0.2) is 0 Å². The average Bonchev–Trinajstić information content (AvgIpc) is 1.82. The van der Waals surface area contributed by atoms with Gasteiger partial charge >= 0.3 is 15.4 Å². The highest BCUT2D eigenvalue weighted by Crippen LogP contribution is 2.41. The molecule has 0 rings (SSSR count). The summed E-state index contributed by atoms with van der Waals surface area (Å²) in [5.41, 5.74) is 4.98. The maximum absolute atomic E-state index is 10.4. The van der Waals surface area contributed by atoms with Crippen molar-refractivity contribution in [2.24, 2.45) is 5.73 Å². The van der Waals surface area contributed by atoms with Gasteiger partial charge in [-0.2, -0.15) is 0 Å². The third kappa shape index (κ3) is 7.30. The van der Waals surface area contributed by atoms with Crippen LogP contribution in [0.25, 0.3) is 0 Å². The first-order valence-electron chi connectivity index (χ1n) is 3.14. The molecule has 6 N–H and O–H groups in total. The van der Waals surface area contributed by atoms with Crippen molar-refractivity contribution < 1.29 is 33.2 Å². The van der Waals surface area contributed by atoms with Gasteiger partial charge in [0.25, 0.3) is 0 Å². The largest absolute Gasteiger partial charge is 0.469 e. The molecule has 0 aliphatic carbocycles. The van der Waals surface area contributed by atoms with Gasteiger partial charge in [0.1, 0.15) is 5.78 Å². The van der Waals surface area contributed by atoms with Gasteiger partial charge in [0.05, 0.1) is 6.61 Å². The second kappa shape index (κ2) is 4.63. The van der Waals surface area contributed by atoms with Crippen molar-refractivity contribution in [1.82, 2.24) is 0 Å². The highest BCUT2D eigenvalue weighted by atomic mass is 31.2. The van der Waals surface area contributed by atoms with Crippen LogP contribution in [0.4, 0.5) is 0 Å². The molecule has 1 atom stereocenters. The van der Waals surface area contributed by atoms with E-state index in [1.54, 1.807) is 0 Å². The number of phosphoric acid groups is 1. The maximum atomic E-state index is 10.4. The summed E-state index contributed by atoms with van der Waals surface area (Å²) in [6.45, 7) is -0.503. The number of phosphoric ester groups is 1. The predicted molar refractivity (Wildman–Crippen MR) is 42.6 cm³/mol. The van der Waals surface area contributed by atoms with Crippen LogP contribution < -0.4 is 5.73 Å². The first-order chi connectivity index (χ1) is 5.63. The van der Waals surface area contributed by atoms with Gasteiger partial charge < -0.3 is 25.3 Å².